The first kappa shape index (κ1) is 22.4. The summed E-state index contributed by atoms with van der Waals surface area (Å²) in [6.45, 7) is 10.5. The Kier molecular flexibility index (Phi) is 8.37. The zero-order chi connectivity index (χ0) is 18.6. The van der Waals surface area contributed by atoms with Gasteiger partial charge in [0.1, 0.15) is 0 Å². The van der Waals surface area contributed by atoms with Crippen LogP contribution < -0.4 is 10.6 Å². The quantitative estimate of drug-likeness (QED) is 0.362. The number of guanidine groups is 1. The molecule has 2 heterocycles. The predicted octanol–water partition coefficient (Wildman–Crippen LogP) is 3.99. The van der Waals surface area contributed by atoms with E-state index < -0.39 is 0 Å². The Morgan fingerprint density at radius 2 is 2.04 bits per heavy atom. The summed E-state index contributed by atoms with van der Waals surface area (Å²) >= 11 is 0. The van der Waals surface area contributed by atoms with Crippen LogP contribution in [0.15, 0.2) is 29.3 Å². The van der Waals surface area contributed by atoms with Crippen molar-refractivity contribution >= 4 is 29.9 Å². The van der Waals surface area contributed by atoms with Crippen molar-refractivity contribution in [2.45, 2.75) is 84.0 Å². The van der Waals surface area contributed by atoms with Gasteiger partial charge in [-0.1, -0.05) is 24.3 Å². The second-order valence-electron chi connectivity index (χ2n) is 8.28. The normalized spacial score (nSPS) is 24.6. The maximum Gasteiger partial charge on any atom is 0.191 e. The lowest BCUT2D eigenvalue weighted by atomic mass is 9.96. The highest BCUT2D eigenvalue weighted by Crippen LogP contribution is 2.34. The number of hydrogen-bond donors (Lipinski definition) is 2. The number of halogens is 1. The second-order valence-corrected chi connectivity index (χ2v) is 8.28. The molecule has 3 unspecified atom stereocenters. The predicted molar refractivity (Wildman–Crippen MR) is 121 cm³/mol. The third-order valence-electron chi connectivity index (χ3n) is 4.86. The van der Waals surface area contributed by atoms with Crippen LogP contribution in [0, 0.1) is 0 Å². The average molecular weight is 487 g/mol. The Morgan fingerprint density at radius 1 is 1.26 bits per heavy atom. The van der Waals surface area contributed by atoms with E-state index >= 15 is 0 Å². The van der Waals surface area contributed by atoms with Gasteiger partial charge in [0, 0.05) is 6.54 Å². The van der Waals surface area contributed by atoms with E-state index in [1.165, 1.54) is 17.5 Å². The molecule has 0 aromatic heterocycles. The second kappa shape index (κ2) is 10.1. The van der Waals surface area contributed by atoms with Gasteiger partial charge in [-0.3, -0.25) is 0 Å². The summed E-state index contributed by atoms with van der Waals surface area (Å²) in [5.74, 6) is 0.880. The monoisotopic (exact) mass is 487 g/mol. The number of rotatable bonds is 6. The van der Waals surface area contributed by atoms with Crippen LogP contribution in [0.3, 0.4) is 0 Å². The molecular weight excluding hydrogens is 453 g/mol. The molecular formula is C21H34IN3O2. The van der Waals surface area contributed by atoms with Gasteiger partial charge in [-0.05, 0) is 58.1 Å². The Balaban J connectivity index is 0.00000261. The molecule has 2 saturated heterocycles. The van der Waals surface area contributed by atoms with E-state index in [0.29, 0.717) is 31.4 Å². The van der Waals surface area contributed by atoms with Gasteiger partial charge < -0.3 is 20.1 Å². The molecule has 5 nitrogen and oxygen atoms in total. The molecule has 2 fully saturated rings. The zero-order valence-corrected chi connectivity index (χ0v) is 19.3. The van der Waals surface area contributed by atoms with Gasteiger partial charge in [0.2, 0.25) is 0 Å². The minimum absolute atomic E-state index is 0. The Morgan fingerprint density at radius 3 is 2.67 bits per heavy atom. The molecule has 2 bridgehead atoms. The van der Waals surface area contributed by atoms with Crippen molar-refractivity contribution in [2.24, 2.45) is 4.99 Å². The third-order valence-corrected chi connectivity index (χ3v) is 4.86. The van der Waals surface area contributed by atoms with E-state index in [-0.39, 0.29) is 29.6 Å². The minimum Gasteiger partial charge on any atom is -0.373 e. The molecule has 0 amide bonds. The molecule has 2 aliphatic heterocycles. The lowest BCUT2D eigenvalue weighted by molar-refractivity contribution is -0.0149. The van der Waals surface area contributed by atoms with Gasteiger partial charge in [-0.15, -0.1) is 24.0 Å². The first-order valence-electron chi connectivity index (χ1n) is 9.85. The number of fused-ring (bicyclic) bond motifs is 2. The summed E-state index contributed by atoms with van der Waals surface area (Å²) in [6.07, 6.45) is 4.26. The molecule has 0 aliphatic carbocycles. The van der Waals surface area contributed by atoms with Crippen LogP contribution in [0.25, 0.3) is 0 Å². The van der Waals surface area contributed by atoms with Crippen LogP contribution in [0.4, 0.5) is 0 Å². The van der Waals surface area contributed by atoms with E-state index in [0.717, 1.165) is 25.3 Å². The molecule has 0 radical (unpaired) electrons. The first-order valence-corrected chi connectivity index (χ1v) is 9.85. The molecule has 0 spiro atoms. The van der Waals surface area contributed by atoms with E-state index in [2.05, 4.69) is 62.6 Å². The summed E-state index contributed by atoms with van der Waals surface area (Å²) < 4.78 is 11.8. The van der Waals surface area contributed by atoms with Gasteiger partial charge in [-0.25, -0.2) is 4.99 Å². The van der Waals surface area contributed by atoms with Crippen molar-refractivity contribution in [3.05, 3.63) is 35.4 Å². The molecule has 2 N–H and O–H groups in total. The standard InChI is InChI=1S/C21H33N3O2.HI/c1-5-22-20(24-18-12-17-9-10-19(18)26-17)23-13-15-7-6-8-16(11-15)14-25-21(2,3)4;/h6-8,11,17-19H,5,9-10,12-14H2,1-4H3,(H2,22,23,24);1H. The number of aliphatic imine (C=N–C) groups is 1. The first-order chi connectivity index (χ1) is 12.4. The van der Waals surface area contributed by atoms with E-state index in [1.54, 1.807) is 0 Å². The maximum atomic E-state index is 5.94. The Hall–Kier alpha value is -0.860. The number of benzene rings is 1. The minimum atomic E-state index is -0.126. The van der Waals surface area contributed by atoms with Crippen molar-refractivity contribution in [1.29, 1.82) is 0 Å². The largest absolute Gasteiger partial charge is 0.373 e. The summed E-state index contributed by atoms with van der Waals surface area (Å²) in [6, 6.07) is 8.87. The lowest BCUT2D eigenvalue weighted by Crippen LogP contribution is -2.47. The van der Waals surface area contributed by atoms with Crippen LogP contribution in [-0.2, 0) is 22.6 Å². The molecule has 3 atom stereocenters. The zero-order valence-electron chi connectivity index (χ0n) is 17.0. The fraction of sp³-hybridized carbons (Fsp3) is 0.667. The lowest BCUT2D eigenvalue weighted by Gasteiger charge is -2.22. The maximum absolute atomic E-state index is 5.94. The van der Waals surface area contributed by atoms with Crippen LogP contribution in [0.1, 0.15) is 58.1 Å². The average Bonchev–Trinajstić information content (AvgIpc) is 3.21. The highest BCUT2D eigenvalue weighted by atomic mass is 127. The Bertz CT molecular complexity index is 630. The molecule has 1 aromatic rings. The number of ether oxygens (including phenoxy) is 2. The third kappa shape index (κ3) is 6.91. The van der Waals surface area contributed by atoms with Crippen molar-refractivity contribution in [2.75, 3.05) is 6.54 Å². The number of hydrogen-bond acceptors (Lipinski definition) is 3. The smallest absolute Gasteiger partial charge is 0.191 e. The molecule has 27 heavy (non-hydrogen) atoms. The summed E-state index contributed by atoms with van der Waals surface area (Å²) in [4.78, 5) is 4.78. The fourth-order valence-corrected chi connectivity index (χ4v) is 3.57. The van der Waals surface area contributed by atoms with Crippen LogP contribution in [0.5, 0.6) is 0 Å². The van der Waals surface area contributed by atoms with Gasteiger partial charge in [0.05, 0.1) is 37.0 Å². The molecule has 1 aromatic carbocycles. The summed E-state index contributed by atoms with van der Waals surface area (Å²) in [7, 11) is 0. The van der Waals surface area contributed by atoms with Gasteiger partial charge in [-0.2, -0.15) is 0 Å². The topological polar surface area (TPSA) is 54.9 Å². The highest BCUT2D eigenvalue weighted by molar-refractivity contribution is 14.0. The Labute approximate surface area is 180 Å². The molecule has 2 aliphatic rings. The highest BCUT2D eigenvalue weighted by Gasteiger charge is 2.41. The molecule has 0 saturated carbocycles. The molecule has 3 rings (SSSR count). The SMILES string of the molecule is CCNC(=NCc1cccc(COC(C)(C)C)c1)NC1CC2CCC1O2.I. The van der Waals surface area contributed by atoms with Crippen molar-refractivity contribution in [3.8, 4) is 0 Å². The van der Waals surface area contributed by atoms with Crippen LogP contribution >= 0.6 is 24.0 Å². The molecule has 6 heteroatoms. The van der Waals surface area contributed by atoms with Crippen LogP contribution in [0.2, 0.25) is 0 Å². The van der Waals surface area contributed by atoms with Gasteiger partial charge >= 0.3 is 0 Å². The van der Waals surface area contributed by atoms with Crippen molar-refractivity contribution in [1.82, 2.24) is 10.6 Å². The van der Waals surface area contributed by atoms with E-state index in [1.807, 2.05) is 0 Å². The fourth-order valence-electron chi connectivity index (χ4n) is 3.57. The van der Waals surface area contributed by atoms with E-state index in [9.17, 15) is 0 Å². The summed E-state index contributed by atoms with van der Waals surface area (Å²) in [5.41, 5.74) is 2.26. The molecule has 152 valence electrons. The summed E-state index contributed by atoms with van der Waals surface area (Å²) in [5, 5.41) is 6.92. The van der Waals surface area contributed by atoms with Gasteiger partial charge in [0.25, 0.3) is 0 Å². The number of nitrogens with zero attached hydrogens (tertiary/aromatic N) is 1. The van der Waals surface area contributed by atoms with Crippen molar-refractivity contribution in [3.63, 3.8) is 0 Å². The van der Waals surface area contributed by atoms with Gasteiger partial charge in [0.15, 0.2) is 5.96 Å². The van der Waals surface area contributed by atoms with E-state index in [4.69, 9.17) is 14.5 Å². The van der Waals surface area contributed by atoms with Crippen LogP contribution in [-0.4, -0.2) is 36.4 Å². The number of nitrogens with one attached hydrogen (secondary N) is 2. The van der Waals surface area contributed by atoms with Crippen molar-refractivity contribution < 1.29 is 9.47 Å².